The molecule has 0 aliphatic carbocycles. The third kappa shape index (κ3) is 8.98. The molecule has 124 valence electrons. The van der Waals surface area contributed by atoms with Crippen LogP contribution in [0.1, 0.15) is 55.4 Å². The topological polar surface area (TPSA) is 17.1 Å². The standard InChI is InChI=1S/2C8H20N.OS/c2*1-5-9(6-2,7-3)8-4;1-2/h2*5-8H2,1-4H3;/q2*+1;. The molecule has 0 aromatic rings. The van der Waals surface area contributed by atoms with Crippen LogP contribution >= 0.6 is 0 Å². The maximum atomic E-state index is 7.83. The van der Waals surface area contributed by atoms with Gasteiger partial charge in [0.1, 0.15) is 0 Å². The molecule has 0 amide bonds. The van der Waals surface area contributed by atoms with E-state index in [1.807, 2.05) is 0 Å². The molecule has 0 aromatic heterocycles. The molecule has 0 saturated carbocycles. The zero-order valence-corrected chi connectivity index (χ0v) is 16.2. The van der Waals surface area contributed by atoms with Crippen molar-refractivity contribution in [2.45, 2.75) is 55.4 Å². The van der Waals surface area contributed by atoms with Gasteiger partial charge >= 0.3 is 0 Å². The van der Waals surface area contributed by atoms with Gasteiger partial charge in [0.2, 0.25) is 0 Å². The maximum absolute atomic E-state index is 7.83. The third-order valence-corrected chi connectivity index (χ3v) is 5.37. The number of nitrogens with zero attached hydrogens (tertiary/aromatic N) is 2. The molecule has 0 fully saturated rings. The second kappa shape index (κ2) is 15.3. The first-order valence-electron chi connectivity index (χ1n) is 8.35. The third-order valence-electron chi connectivity index (χ3n) is 5.37. The predicted octanol–water partition coefficient (Wildman–Crippen LogP) is 3.43. The Kier molecular flexibility index (Phi) is 19.1. The van der Waals surface area contributed by atoms with Crippen molar-refractivity contribution in [3.8, 4) is 0 Å². The average molecular weight is 309 g/mol. The molecule has 0 aliphatic rings. The predicted molar refractivity (Wildman–Crippen MR) is 93.0 cm³/mol. The summed E-state index contributed by atoms with van der Waals surface area (Å²) in [5.74, 6) is 0. The summed E-state index contributed by atoms with van der Waals surface area (Å²) < 4.78 is 10.4. The van der Waals surface area contributed by atoms with Crippen LogP contribution in [-0.4, -0.2) is 65.5 Å². The molecular formula is C16H40N2OS+2. The normalized spacial score (nSPS) is 11.0. The van der Waals surface area contributed by atoms with Crippen LogP contribution in [0.3, 0.4) is 0 Å². The van der Waals surface area contributed by atoms with Crippen molar-refractivity contribution >= 4 is 12.5 Å². The minimum atomic E-state index is 1.28. The lowest BCUT2D eigenvalue weighted by Gasteiger charge is -2.34. The minimum Gasteiger partial charge on any atom is -0.325 e. The summed E-state index contributed by atoms with van der Waals surface area (Å²) in [4.78, 5) is 0. The van der Waals surface area contributed by atoms with Crippen molar-refractivity contribution in [2.24, 2.45) is 0 Å². The SMILES string of the molecule is CC[N+](CC)(CC)CC.CC[N+](CC)(CC)CC.O=S. The molecular weight excluding hydrogens is 268 g/mol. The Labute approximate surface area is 134 Å². The molecule has 20 heavy (non-hydrogen) atoms. The van der Waals surface area contributed by atoms with E-state index in [0.29, 0.717) is 0 Å². The smallest absolute Gasteiger partial charge is 0.197 e. The van der Waals surface area contributed by atoms with Crippen molar-refractivity contribution in [1.82, 2.24) is 0 Å². The summed E-state index contributed by atoms with van der Waals surface area (Å²) in [5.41, 5.74) is 0. The fraction of sp³-hybridized carbons (Fsp3) is 1.00. The van der Waals surface area contributed by atoms with Crippen LogP contribution in [0.25, 0.3) is 0 Å². The second-order valence-electron chi connectivity index (χ2n) is 5.21. The molecule has 0 unspecified atom stereocenters. The number of rotatable bonds is 8. The molecule has 3 nitrogen and oxygen atoms in total. The Bertz CT molecular complexity index is 138. The van der Waals surface area contributed by atoms with Crippen molar-refractivity contribution in [2.75, 3.05) is 52.4 Å². The largest absolute Gasteiger partial charge is 0.325 e. The fourth-order valence-electron chi connectivity index (χ4n) is 2.68. The van der Waals surface area contributed by atoms with Gasteiger partial charge in [0.25, 0.3) is 0 Å². The lowest BCUT2D eigenvalue weighted by molar-refractivity contribution is -0.921. The molecule has 0 radical (unpaired) electrons. The molecule has 0 saturated heterocycles. The van der Waals surface area contributed by atoms with Gasteiger partial charge in [0.05, 0.1) is 52.4 Å². The highest BCUT2D eigenvalue weighted by molar-refractivity contribution is 7.44. The van der Waals surface area contributed by atoms with Crippen LogP contribution in [0, 0.1) is 0 Å². The number of quaternary nitrogens is 2. The van der Waals surface area contributed by atoms with E-state index in [1.165, 1.54) is 61.3 Å². The van der Waals surface area contributed by atoms with Gasteiger partial charge in [-0.1, -0.05) is 0 Å². The van der Waals surface area contributed by atoms with Crippen molar-refractivity contribution in [3.63, 3.8) is 0 Å². The zero-order chi connectivity index (χ0) is 16.7. The Balaban J connectivity index is -0.000000257. The molecule has 0 atom stereocenters. The lowest BCUT2D eigenvalue weighted by atomic mass is 10.3. The number of hydrogen-bond donors (Lipinski definition) is 0. The van der Waals surface area contributed by atoms with E-state index in [0.717, 1.165) is 0 Å². The van der Waals surface area contributed by atoms with Gasteiger partial charge in [-0.2, -0.15) is 4.21 Å². The van der Waals surface area contributed by atoms with E-state index in [1.54, 1.807) is 0 Å². The van der Waals surface area contributed by atoms with Crippen LogP contribution in [0.2, 0.25) is 0 Å². The maximum Gasteiger partial charge on any atom is 0.197 e. The highest BCUT2D eigenvalue weighted by atomic mass is 32.1. The quantitative estimate of drug-likeness (QED) is 0.639. The van der Waals surface area contributed by atoms with E-state index in [4.69, 9.17) is 4.21 Å². The average Bonchev–Trinajstić information content (AvgIpc) is 2.55. The first kappa shape index (κ1) is 24.9. The molecule has 0 rings (SSSR count). The summed E-state index contributed by atoms with van der Waals surface area (Å²) in [6.45, 7) is 28.4. The highest BCUT2D eigenvalue weighted by Gasteiger charge is 2.16. The summed E-state index contributed by atoms with van der Waals surface area (Å²) in [5, 5.41) is 0. The zero-order valence-electron chi connectivity index (χ0n) is 15.4. The minimum absolute atomic E-state index is 1.28. The van der Waals surface area contributed by atoms with Crippen LogP contribution in [0.4, 0.5) is 0 Å². The summed E-state index contributed by atoms with van der Waals surface area (Å²) >= 11 is 2.83. The van der Waals surface area contributed by atoms with Crippen molar-refractivity contribution < 1.29 is 13.2 Å². The van der Waals surface area contributed by atoms with Crippen LogP contribution in [0.5, 0.6) is 0 Å². The Hall–Kier alpha value is -0.0600. The molecule has 4 heteroatoms. The van der Waals surface area contributed by atoms with Gasteiger partial charge in [-0.05, 0) is 55.4 Å². The lowest BCUT2D eigenvalue weighted by Crippen LogP contribution is -2.47. The fourth-order valence-corrected chi connectivity index (χ4v) is 2.68. The Morgan fingerprint density at radius 2 is 0.550 bits per heavy atom. The van der Waals surface area contributed by atoms with Crippen LogP contribution < -0.4 is 0 Å². The van der Waals surface area contributed by atoms with Gasteiger partial charge < -0.3 is 8.97 Å². The van der Waals surface area contributed by atoms with Crippen molar-refractivity contribution in [3.05, 3.63) is 0 Å². The molecule has 0 heterocycles. The highest BCUT2D eigenvalue weighted by Crippen LogP contribution is 2.03. The van der Waals surface area contributed by atoms with Gasteiger partial charge in [0.15, 0.2) is 12.5 Å². The van der Waals surface area contributed by atoms with Gasteiger partial charge in [0, 0.05) is 0 Å². The molecule has 0 aliphatic heterocycles. The molecule has 0 aromatic carbocycles. The number of hydrogen-bond acceptors (Lipinski definition) is 2. The van der Waals surface area contributed by atoms with E-state index < -0.39 is 0 Å². The van der Waals surface area contributed by atoms with E-state index in [2.05, 4.69) is 67.9 Å². The van der Waals surface area contributed by atoms with Gasteiger partial charge in [-0.25, -0.2) is 0 Å². The van der Waals surface area contributed by atoms with Gasteiger partial charge in [-0.15, -0.1) is 0 Å². The molecule has 0 spiro atoms. The monoisotopic (exact) mass is 308 g/mol. The van der Waals surface area contributed by atoms with Crippen LogP contribution in [0.15, 0.2) is 0 Å². The van der Waals surface area contributed by atoms with E-state index in [-0.39, 0.29) is 0 Å². The summed E-state index contributed by atoms with van der Waals surface area (Å²) in [6, 6.07) is 0. The Morgan fingerprint density at radius 1 is 0.450 bits per heavy atom. The van der Waals surface area contributed by atoms with Crippen molar-refractivity contribution in [1.29, 1.82) is 0 Å². The molecule has 0 N–H and O–H groups in total. The summed E-state index contributed by atoms with van der Waals surface area (Å²) in [7, 11) is 0. The first-order chi connectivity index (χ1) is 9.49. The molecule has 0 bridgehead atoms. The summed E-state index contributed by atoms with van der Waals surface area (Å²) in [6.07, 6.45) is 0. The van der Waals surface area contributed by atoms with Gasteiger partial charge in [-0.3, -0.25) is 0 Å². The van der Waals surface area contributed by atoms with E-state index in [9.17, 15) is 0 Å². The Morgan fingerprint density at radius 3 is 0.550 bits per heavy atom. The van der Waals surface area contributed by atoms with Crippen LogP contribution in [-0.2, 0) is 12.5 Å². The first-order valence-corrected chi connectivity index (χ1v) is 8.69. The van der Waals surface area contributed by atoms with E-state index >= 15 is 0 Å². The second-order valence-corrected chi connectivity index (χ2v) is 5.21.